The summed E-state index contributed by atoms with van der Waals surface area (Å²) < 4.78 is 11.2. The summed E-state index contributed by atoms with van der Waals surface area (Å²) in [6, 6.07) is 17.3. The number of hydrogen-bond donors (Lipinski definition) is 2. The first-order chi connectivity index (χ1) is 17.3. The number of likely N-dealkylation sites (tertiary alicyclic amines) is 1. The van der Waals surface area contributed by atoms with Gasteiger partial charge in [-0.1, -0.05) is 32.0 Å². The molecule has 1 unspecified atom stereocenters. The molecule has 0 spiro atoms. The quantitative estimate of drug-likeness (QED) is 0.199. The number of benzene rings is 2. The Labute approximate surface area is 209 Å². The van der Waals surface area contributed by atoms with Gasteiger partial charge in [0.25, 0.3) is 11.7 Å². The third-order valence-electron chi connectivity index (χ3n) is 6.37. The number of aromatic amines is 1. The lowest BCUT2D eigenvalue weighted by atomic mass is 9.93. The van der Waals surface area contributed by atoms with E-state index in [-0.39, 0.29) is 17.9 Å². The molecule has 184 valence electrons. The molecule has 5 rings (SSSR count). The number of aliphatic hydroxyl groups excluding tert-OH is 1. The van der Waals surface area contributed by atoms with Gasteiger partial charge >= 0.3 is 0 Å². The lowest BCUT2D eigenvalue weighted by Crippen LogP contribution is -2.29. The number of furan rings is 1. The van der Waals surface area contributed by atoms with Crippen LogP contribution in [0.1, 0.15) is 42.5 Å². The van der Waals surface area contributed by atoms with Crippen molar-refractivity contribution in [1.82, 2.24) is 9.88 Å². The Bertz CT molecular complexity index is 1440. The number of ether oxygens (including phenoxy) is 1. The van der Waals surface area contributed by atoms with Crippen LogP contribution in [-0.2, 0) is 16.1 Å². The van der Waals surface area contributed by atoms with Gasteiger partial charge in [-0.15, -0.1) is 0 Å². The number of rotatable bonds is 7. The Balaban J connectivity index is 1.64. The monoisotopic (exact) mass is 484 g/mol. The van der Waals surface area contributed by atoms with E-state index in [1.807, 2.05) is 31.2 Å². The minimum Gasteiger partial charge on any atom is -0.507 e. The zero-order valence-electron chi connectivity index (χ0n) is 20.4. The van der Waals surface area contributed by atoms with Crippen LogP contribution in [0, 0.1) is 12.8 Å². The van der Waals surface area contributed by atoms with Gasteiger partial charge in [-0.2, -0.15) is 0 Å². The standard InChI is InChI=1S/C29H28N2O5/c1-17(2)16-36-20-12-10-19(11-13-20)27(32)25-26(24-18(3)30-23-9-5-4-8-22(23)24)31(29(34)28(25)33)15-21-7-6-14-35-21/h4-14,17,26,30,32H,15-16H2,1-3H3/b27-25+. The normalized spacial score (nSPS) is 17.4. The Morgan fingerprint density at radius 3 is 2.53 bits per heavy atom. The zero-order chi connectivity index (χ0) is 25.4. The number of aromatic nitrogens is 1. The molecule has 1 aliphatic rings. The number of para-hydroxylation sites is 1. The maximum absolute atomic E-state index is 13.4. The molecule has 0 bridgehead atoms. The first-order valence-corrected chi connectivity index (χ1v) is 12.0. The van der Waals surface area contributed by atoms with Crippen molar-refractivity contribution in [3.8, 4) is 5.75 Å². The van der Waals surface area contributed by atoms with Gasteiger partial charge in [0.2, 0.25) is 0 Å². The lowest BCUT2D eigenvalue weighted by Gasteiger charge is -2.25. The Morgan fingerprint density at radius 1 is 1.08 bits per heavy atom. The van der Waals surface area contributed by atoms with E-state index in [2.05, 4.69) is 18.8 Å². The summed E-state index contributed by atoms with van der Waals surface area (Å²) in [7, 11) is 0. The molecule has 4 aromatic rings. The summed E-state index contributed by atoms with van der Waals surface area (Å²) in [6.45, 7) is 6.70. The first-order valence-electron chi connectivity index (χ1n) is 12.0. The van der Waals surface area contributed by atoms with Gasteiger partial charge in [0, 0.05) is 27.7 Å². The molecule has 2 N–H and O–H groups in total. The maximum atomic E-state index is 13.4. The smallest absolute Gasteiger partial charge is 0.296 e. The average Bonchev–Trinajstić information content (AvgIpc) is 3.56. The van der Waals surface area contributed by atoms with E-state index in [0.29, 0.717) is 29.6 Å². The van der Waals surface area contributed by atoms with Crippen LogP contribution in [-0.4, -0.2) is 33.3 Å². The van der Waals surface area contributed by atoms with E-state index >= 15 is 0 Å². The van der Waals surface area contributed by atoms with Gasteiger partial charge < -0.3 is 24.1 Å². The Hall–Kier alpha value is -4.26. The number of nitrogens with one attached hydrogen (secondary N) is 1. The number of aryl methyl sites for hydroxylation is 1. The number of fused-ring (bicyclic) bond motifs is 1. The summed E-state index contributed by atoms with van der Waals surface area (Å²) >= 11 is 0. The second-order valence-corrected chi connectivity index (χ2v) is 9.44. The first kappa shape index (κ1) is 23.5. The fourth-order valence-corrected chi connectivity index (χ4v) is 4.69. The predicted octanol–water partition coefficient (Wildman–Crippen LogP) is 5.73. The highest BCUT2D eigenvalue weighted by molar-refractivity contribution is 6.46. The number of H-pyrrole nitrogens is 1. The molecule has 36 heavy (non-hydrogen) atoms. The van der Waals surface area contributed by atoms with E-state index in [0.717, 1.165) is 22.2 Å². The summed E-state index contributed by atoms with van der Waals surface area (Å²) in [5, 5.41) is 12.3. The van der Waals surface area contributed by atoms with Gasteiger partial charge in [0.15, 0.2) is 0 Å². The van der Waals surface area contributed by atoms with Gasteiger partial charge in [0.05, 0.1) is 31.0 Å². The van der Waals surface area contributed by atoms with Crippen LogP contribution < -0.4 is 4.74 Å². The topological polar surface area (TPSA) is 95.8 Å². The molecule has 7 nitrogen and oxygen atoms in total. The largest absolute Gasteiger partial charge is 0.507 e. The predicted molar refractivity (Wildman–Crippen MR) is 136 cm³/mol. The van der Waals surface area contributed by atoms with Gasteiger partial charge in [-0.05, 0) is 55.3 Å². The third kappa shape index (κ3) is 4.17. The van der Waals surface area contributed by atoms with Crippen molar-refractivity contribution in [3.05, 3.63) is 95.1 Å². The van der Waals surface area contributed by atoms with E-state index < -0.39 is 17.7 Å². The van der Waals surface area contributed by atoms with Crippen molar-refractivity contribution in [2.24, 2.45) is 5.92 Å². The van der Waals surface area contributed by atoms with Crippen molar-refractivity contribution in [2.45, 2.75) is 33.4 Å². The van der Waals surface area contributed by atoms with E-state index in [4.69, 9.17) is 9.15 Å². The minimum absolute atomic E-state index is 0.0512. The molecule has 1 aliphatic heterocycles. The van der Waals surface area contributed by atoms with E-state index in [1.165, 1.54) is 11.2 Å². The van der Waals surface area contributed by atoms with Crippen molar-refractivity contribution >= 4 is 28.4 Å². The molecule has 0 radical (unpaired) electrons. The van der Waals surface area contributed by atoms with Crippen LogP contribution in [0.5, 0.6) is 5.75 Å². The summed E-state index contributed by atoms with van der Waals surface area (Å²) in [4.78, 5) is 31.5. The average molecular weight is 485 g/mol. The number of nitrogens with zero attached hydrogens (tertiary/aromatic N) is 1. The molecule has 3 heterocycles. The number of amides is 1. The third-order valence-corrected chi connectivity index (χ3v) is 6.37. The Morgan fingerprint density at radius 2 is 1.83 bits per heavy atom. The molecule has 0 saturated carbocycles. The van der Waals surface area contributed by atoms with E-state index in [1.54, 1.807) is 36.4 Å². The number of hydrogen-bond acceptors (Lipinski definition) is 5. The second kappa shape index (κ2) is 9.41. The number of carbonyl (C=O) groups excluding carboxylic acids is 2. The Kier molecular flexibility index (Phi) is 6.14. The highest BCUT2D eigenvalue weighted by Crippen LogP contribution is 2.44. The van der Waals surface area contributed by atoms with Crippen molar-refractivity contribution in [2.75, 3.05) is 6.61 Å². The molecule has 2 aromatic carbocycles. The van der Waals surface area contributed by atoms with Crippen LogP contribution in [0.2, 0.25) is 0 Å². The van der Waals surface area contributed by atoms with Crippen molar-refractivity contribution < 1.29 is 23.8 Å². The highest BCUT2D eigenvalue weighted by Gasteiger charge is 2.47. The summed E-state index contributed by atoms with van der Waals surface area (Å²) in [6.07, 6.45) is 1.53. The molecule has 7 heteroatoms. The molecular formula is C29H28N2O5. The molecule has 1 saturated heterocycles. The number of aliphatic hydroxyl groups is 1. The fraction of sp³-hybridized carbons (Fsp3) is 0.241. The number of ketones is 1. The maximum Gasteiger partial charge on any atom is 0.296 e. The van der Waals surface area contributed by atoms with Crippen LogP contribution >= 0.6 is 0 Å². The second-order valence-electron chi connectivity index (χ2n) is 9.44. The van der Waals surface area contributed by atoms with Crippen LogP contribution in [0.25, 0.3) is 16.7 Å². The van der Waals surface area contributed by atoms with Crippen molar-refractivity contribution in [3.63, 3.8) is 0 Å². The van der Waals surface area contributed by atoms with E-state index in [9.17, 15) is 14.7 Å². The molecule has 0 aliphatic carbocycles. The lowest BCUT2D eigenvalue weighted by molar-refractivity contribution is -0.140. The zero-order valence-corrected chi connectivity index (χ0v) is 20.4. The molecule has 1 fully saturated rings. The molecular weight excluding hydrogens is 456 g/mol. The minimum atomic E-state index is -0.789. The number of Topliss-reactive ketones (excluding diaryl/α,β-unsaturated/α-hetero) is 1. The van der Waals surface area contributed by atoms with Gasteiger partial charge in [-0.3, -0.25) is 9.59 Å². The summed E-state index contributed by atoms with van der Waals surface area (Å²) in [5.41, 5.74) is 2.96. The SMILES string of the molecule is Cc1[nH]c2ccccc2c1C1/C(=C(\O)c2ccc(OCC(C)C)cc2)C(=O)C(=O)N1Cc1ccco1. The van der Waals surface area contributed by atoms with Crippen molar-refractivity contribution in [1.29, 1.82) is 0 Å². The van der Waals surface area contributed by atoms with Crippen LogP contribution in [0.3, 0.4) is 0 Å². The molecule has 1 amide bonds. The molecule has 1 atom stereocenters. The number of carbonyl (C=O) groups is 2. The van der Waals surface area contributed by atoms with Gasteiger partial charge in [0.1, 0.15) is 17.3 Å². The highest BCUT2D eigenvalue weighted by atomic mass is 16.5. The van der Waals surface area contributed by atoms with Gasteiger partial charge in [-0.25, -0.2) is 0 Å². The van der Waals surface area contributed by atoms with Crippen LogP contribution in [0.4, 0.5) is 0 Å². The fourth-order valence-electron chi connectivity index (χ4n) is 4.69. The van der Waals surface area contributed by atoms with Crippen LogP contribution in [0.15, 0.2) is 76.9 Å². The summed E-state index contributed by atoms with van der Waals surface area (Å²) in [5.74, 6) is -0.0370. The molecule has 2 aromatic heterocycles.